The second-order valence-corrected chi connectivity index (χ2v) is 10.2. The van der Waals surface area contributed by atoms with Gasteiger partial charge in [-0.1, -0.05) is 60.9 Å². The van der Waals surface area contributed by atoms with Crippen molar-refractivity contribution in [1.82, 2.24) is 10.2 Å². The average molecular weight is 467 g/mol. The van der Waals surface area contributed by atoms with Crippen LogP contribution >= 0.6 is 34.7 Å². The van der Waals surface area contributed by atoms with E-state index in [4.69, 9.17) is 11.6 Å². The predicted molar refractivity (Wildman–Crippen MR) is 124 cm³/mol. The van der Waals surface area contributed by atoms with Crippen LogP contribution in [0.3, 0.4) is 0 Å². The number of aromatic nitrogens is 2. The minimum absolute atomic E-state index is 0.0390. The Morgan fingerprint density at radius 3 is 2.57 bits per heavy atom. The number of thioether (sulfide) groups is 1. The molecule has 1 saturated carbocycles. The summed E-state index contributed by atoms with van der Waals surface area (Å²) in [5.74, 6) is 0.957. The van der Waals surface area contributed by atoms with Gasteiger partial charge in [0.25, 0.3) is 0 Å². The summed E-state index contributed by atoms with van der Waals surface area (Å²) < 4.78 is 0.653. The molecule has 3 rings (SSSR count). The topological polar surface area (TPSA) is 84.0 Å². The highest BCUT2D eigenvalue weighted by Crippen LogP contribution is 2.33. The number of anilines is 2. The molecule has 0 radical (unpaired) electrons. The molecule has 2 aromatic rings. The first-order valence-corrected chi connectivity index (χ1v) is 12.5. The molecule has 9 heteroatoms. The van der Waals surface area contributed by atoms with Gasteiger partial charge in [0.15, 0.2) is 4.34 Å². The number of carbonyl (C=O) groups excluding carboxylic acids is 2. The fourth-order valence-corrected chi connectivity index (χ4v) is 5.27. The third-order valence-corrected chi connectivity index (χ3v) is 7.50. The first-order chi connectivity index (χ1) is 14.5. The molecular formula is C21H27ClN4O2S2. The van der Waals surface area contributed by atoms with Crippen molar-refractivity contribution in [3.05, 3.63) is 29.3 Å². The van der Waals surface area contributed by atoms with Crippen LogP contribution in [-0.4, -0.2) is 27.8 Å². The van der Waals surface area contributed by atoms with Crippen LogP contribution in [-0.2, 0) is 9.59 Å². The smallest absolute Gasteiger partial charge is 0.234 e. The van der Waals surface area contributed by atoms with Crippen molar-refractivity contribution in [2.45, 2.75) is 56.2 Å². The van der Waals surface area contributed by atoms with Crippen molar-refractivity contribution < 1.29 is 9.59 Å². The molecule has 0 unspecified atom stereocenters. The van der Waals surface area contributed by atoms with Gasteiger partial charge in [0, 0.05) is 16.6 Å². The van der Waals surface area contributed by atoms with Crippen LogP contribution in [0.1, 0.15) is 51.9 Å². The molecular weight excluding hydrogens is 440 g/mol. The van der Waals surface area contributed by atoms with Crippen molar-refractivity contribution in [3.63, 3.8) is 0 Å². The molecule has 1 aromatic carbocycles. The summed E-state index contributed by atoms with van der Waals surface area (Å²) in [5.41, 5.74) is 0.694. The van der Waals surface area contributed by atoms with E-state index in [1.54, 1.807) is 24.3 Å². The van der Waals surface area contributed by atoms with Crippen molar-refractivity contribution in [3.8, 4) is 0 Å². The van der Waals surface area contributed by atoms with Crippen LogP contribution in [0.25, 0.3) is 0 Å². The molecule has 1 aliphatic carbocycles. The first kappa shape index (κ1) is 23.0. The van der Waals surface area contributed by atoms with E-state index < -0.39 is 0 Å². The van der Waals surface area contributed by atoms with Crippen LogP contribution in [0.4, 0.5) is 10.8 Å². The minimum Gasteiger partial charge on any atom is -0.325 e. The van der Waals surface area contributed by atoms with E-state index in [2.05, 4.69) is 27.8 Å². The normalized spacial score (nSPS) is 18.7. The zero-order valence-corrected chi connectivity index (χ0v) is 19.4. The molecule has 30 heavy (non-hydrogen) atoms. The fraction of sp³-hybridized carbons (Fsp3) is 0.524. The van der Waals surface area contributed by atoms with Crippen molar-refractivity contribution in [1.29, 1.82) is 0 Å². The molecule has 1 aromatic heterocycles. The third kappa shape index (κ3) is 7.25. The van der Waals surface area contributed by atoms with Crippen LogP contribution in [0.15, 0.2) is 28.6 Å². The molecule has 0 aliphatic heterocycles. The summed E-state index contributed by atoms with van der Waals surface area (Å²) in [6.45, 7) is 2.22. The molecule has 1 aliphatic rings. The Balaban J connectivity index is 1.40. The monoisotopic (exact) mass is 466 g/mol. The number of hydrogen-bond acceptors (Lipinski definition) is 6. The second kappa shape index (κ2) is 11.7. The van der Waals surface area contributed by atoms with Crippen molar-refractivity contribution >= 4 is 57.3 Å². The van der Waals surface area contributed by atoms with Crippen LogP contribution in [0, 0.1) is 11.8 Å². The molecule has 2 amide bonds. The zero-order chi connectivity index (χ0) is 21.3. The van der Waals surface area contributed by atoms with Gasteiger partial charge >= 0.3 is 0 Å². The van der Waals surface area contributed by atoms with Crippen LogP contribution < -0.4 is 10.6 Å². The van der Waals surface area contributed by atoms with E-state index in [0.717, 1.165) is 31.6 Å². The summed E-state index contributed by atoms with van der Waals surface area (Å²) in [7, 11) is 0. The fourth-order valence-electron chi connectivity index (χ4n) is 3.59. The highest BCUT2D eigenvalue weighted by atomic mass is 35.5. The number of rotatable bonds is 9. The molecule has 1 heterocycles. The molecule has 0 atom stereocenters. The predicted octanol–water partition coefficient (Wildman–Crippen LogP) is 5.86. The van der Waals surface area contributed by atoms with Gasteiger partial charge in [-0.25, -0.2) is 0 Å². The highest BCUT2D eigenvalue weighted by Gasteiger charge is 2.26. The van der Waals surface area contributed by atoms with Crippen molar-refractivity contribution in [2.24, 2.45) is 11.8 Å². The number of amides is 2. The van der Waals surface area contributed by atoms with Crippen molar-refractivity contribution in [2.75, 3.05) is 16.4 Å². The lowest BCUT2D eigenvalue weighted by molar-refractivity contribution is -0.121. The van der Waals surface area contributed by atoms with E-state index in [1.165, 1.54) is 42.4 Å². The van der Waals surface area contributed by atoms with Gasteiger partial charge in [-0.15, -0.1) is 10.2 Å². The minimum atomic E-state index is -0.136. The Morgan fingerprint density at radius 2 is 1.87 bits per heavy atom. The number of halogens is 1. The van der Waals surface area contributed by atoms with E-state index in [9.17, 15) is 9.59 Å². The molecule has 0 saturated heterocycles. The highest BCUT2D eigenvalue weighted by molar-refractivity contribution is 8.01. The number of unbranched alkanes of at least 4 members (excludes halogenated alkanes) is 1. The van der Waals surface area contributed by atoms with Gasteiger partial charge < -0.3 is 10.6 Å². The number of nitrogens with zero attached hydrogens (tertiary/aromatic N) is 2. The molecule has 0 spiro atoms. The van der Waals surface area contributed by atoms with Gasteiger partial charge in [0.05, 0.1) is 5.75 Å². The van der Waals surface area contributed by atoms with Gasteiger partial charge in [0.2, 0.25) is 16.9 Å². The van der Waals surface area contributed by atoms with E-state index in [-0.39, 0.29) is 23.5 Å². The van der Waals surface area contributed by atoms with Crippen LogP contribution in [0.2, 0.25) is 5.02 Å². The number of carbonyl (C=O) groups is 2. The lowest BCUT2D eigenvalue weighted by Gasteiger charge is -2.27. The second-order valence-electron chi connectivity index (χ2n) is 7.57. The van der Waals surface area contributed by atoms with Gasteiger partial charge in [0.1, 0.15) is 0 Å². The maximum atomic E-state index is 12.5. The maximum Gasteiger partial charge on any atom is 0.234 e. The molecule has 0 bridgehead atoms. The molecule has 1 fully saturated rings. The Kier molecular flexibility index (Phi) is 8.96. The number of hydrogen-bond donors (Lipinski definition) is 2. The first-order valence-electron chi connectivity index (χ1n) is 10.4. The SMILES string of the molecule is CCCCC1CCC(C(=O)Nc2nnc(SCC(=O)Nc3ccc(Cl)cc3)s2)CC1. The lowest BCUT2D eigenvalue weighted by atomic mass is 9.79. The standard InChI is InChI=1S/C21H27ClN4O2S2/c1-2-3-4-14-5-7-15(8-6-14)19(28)24-20-25-26-21(30-20)29-13-18(27)23-17-11-9-16(22)10-12-17/h9-12,14-15H,2-8,13H2,1H3,(H,23,27)(H,24,25,28). The molecule has 2 N–H and O–H groups in total. The Morgan fingerprint density at radius 1 is 1.13 bits per heavy atom. The van der Waals surface area contributed by atoms with Gasteiger partial charge in [-0.3, -0.25) is 9.59 Å². The quantitative estimate of drug-likeness (QED) is 0.357. The van der Waals surface area contributed by atoms with Gasteiger partial charge in [-0.2, -0.15) is 0 Å². The Labute approximate surface area is 190 Å². The summed E-state index contributed by atoms with van der Waals surface area (Å²) in [6, 6.07) is 6.95. The largest absolute Gasteiger partial charge is 0.325 e. The van der Waals surface area contributed by atoms with E-state index >= 15 is 0 Å². The number of benzene rings is 1. The number of nitrogens with one attached hydrogen (secondary N) is 2. The Bertz CT molecular complexity index is 836. The van der Waals surface area contributed by atoms with E-state index in [0.29, 0.717) is 20.2 Å². The molecule has 162 valence electrons. The zero-order valence-electron chi connectivity index (χ0n) is 17.0. The van der Waals surface area contributed by atoms with Crippen LogP contribution in [0.5, 0.6) is 0 Å². The lowest BCUT2D eigenvalue weighted by Crippen LogP contribution is -2.27. The van der Waals surface area contributed by atoms with Gasteiger partial charge in [-0.05, 0) is 55.9 Å². The third-order valence-electron chi connectivity index (χ3n) is 5.27. The maximum absolute atomic E-state index is 12.5. The Hall–Kier alpha value is -1.64. The molecule has 6 nitrogen and oxygen atoms in total. The van der Waals surface area contributed by atoms with E-state index in [1.807, 2.05) is 0 Å². The average Bonchev–Trinajstić information content (AvgIpc) is 3.20. The summed E-state index contributed by atoms with van der Waals surface area (Å²) in [6.07, 6.45) is 7.98. The summed E-state index contributed by atoms with van der Waals surface area (Å²) >= 11 is 8.44. The summed E-state index contributed by atoms with van der Waals surface area (Å²) in [4.78, 5) is 24.6. The summed E-state index contributed by atoms with van der Waals surface area (Å²) in [5, 5.41) is 14.9.